The summed E-state index contributed by atoms with van der Waals surface area (Å²) in [7, 11) is 0. The van der Waals surface area contributed by atoms with Crippen LogP contribution in [0.15, 0.2) is 0 Å². The van der Waals surface area contributed by atoms with Crippen LogP contribution < -0.4 is 0 Å². The molecule has 0 unspecified atom stereocenters. The van der Waals surface area contributed by atoms with Gasteiger partial charge in [0.1, 0.15) is 5.78 Å². The molecule has 2 heteroatoms. The third kappa shape index (κ3) is 1.54. The molecule has 0 N–H and O–H groups in total. The van der Waals surface area contributed by atoms with Gasteiger partial charge < -0.3 is 0 Å². The van der Waals surface area contributed by atoms with Crippen molar-refractivity contribution in [1.82, 2.24) is 0 Å². The molecular formula is C7H11BrO. The fourth-order valence-electron chi connectivity index (χ4n) is 1.27. The molecule has 0 atom stereocenters. The van der Waals surface area contributed by atoms with Crippen LogP contribution in [0.5, 0.6) is 0 Å². The fourth-order valence-corrected chi connectivity index (χ4v) is 1.73. The Hall–Kier alpha value is 0.150. The number of alkyl halides is 1. The van der Waals surface area contributed by atoms with Crippen LogP contribution in [0.2, 0.25) is 0 Å². The van der Waals surface area contributed by atoms with Crippen LogP contribution in [0.4, 0.5) is 0 Å². The average molecular weight is 191 g/mol. The first-order chi connectivity index (χ1) is 4.24. The predicted octanol–water partition coefficient (Wildman–Crippen LogP) is 2.00. The summed E-state index contributed by atoms with van der Waals surface area (Å²) in [4.78, 5) is 10.9. The molecule has 0 heterocycles. The number of rotatable bonds is 2. The minimum atomic E-state index is 0.383. The van der Waals surface area contributed by atoms with Crippen LogP contribution in [0.1, 0.15) is 19.8 Å². The Morgan fingerprint density at radius 3 is 2.56 bits per heavy atom. The van der Waals surface area contributed by atoms with Gasteiger partial charge >= 0.3 is 0 Å². The van der Waals surface area contributed by atoms with E-state index in [4.69, 9.17) is 0 Å². The molecule has 1 fully saturated rings. The Bertz CT molecular complexity index is 116. The van der Waals surface area contributed by atoms with E-state index in [0.29, 0.717) is 17.0 Å². The second kappa shape index (κ2) is 2.82. The van der Waals surface area contributed by atoms with Crippen LogP contribution in [0, 0.1) is 11.8 Å². The number of carbonyl (C=O) groups excluding carboxylic acids is 1. The van der Waals surface area contributed by atoms with Gasteiger partial charge in [0, 0.05) is 5.92 Å². The van der Waals surface area contributed by atoms with Crippen molar-refractivity contribution in [3.05, 3.63) is 0 Å². The highest BCUT2D eigenvalue weighted by atomic mass is 79.9. The van der Waals surface area contributed by atoms with Gasteiger partial charge in [0.2, 0.25) is 0 Å². The second-order valence-corrected chi connectivity index (χ2v) is 3.43. The van der Waals surface area contributed by atoms with Crippen molar-refractivity contribution in [3.63, 3.8) is 0 Å². The molecule has 52 valence electrons. The second-order valence-electron chi connectivity index (χ2n) is 2.87. The lowest BCUT2D eigenvalue weighted by Gasteiger charge is -2.30. The number of carbonyl (C=O) groups is 1. The largest absolute Gasteiger partial charge is 0.298 e. The van der Waals surface area contributed by atoms with E-state index in [-0.39, 0.29) is 0 Å². The first-order valence-corrected chi connectivity index (χ1v) is 4.45. The minimum Gasteiger partial charge on any atom is -0.298 e. The van der Waals surface area contributed by atoms with E-state index < -0.39 is 0 Å². The standard InChI is InChI=1S/C7H11BrO/c1-5-2-6(3-5)7(9)4-8/h5-6H,2-4H2,1H3. The molecule has 0 aromatic heterocycles. The topological polar surface area (TPSA) is 17.1 Å². The summed E-state index contributed by atoms with van der Waals surface area (Å²) in [6.45, 7) is 2.19. The number of hydrogen-bond acceptors (Lipinski definition) is 1. The first kappa shape index (κ1) is 7.26. The number of halogens is 1. The highest BCUT2D eigenvalue weighted by molar-refractivity contribution is 9.09. The van der Waals surface area contributed by atoms with Gasteiger partial charge in [-0.25, -0.2) is 0 Å². The van der Waals surface area contributed by atoms with E-state index in [1.807, 2.05) is 0 Å². The zero-order valence-corrected chi connectivity index (χ0v) is 7.15. The molecule has 1 aliphatic rings. The van der Waals surface area contributed by atoms with E-state index in [9.17, 15) is 4.79 Å². The highest BCUT2D eigenvalue weighted by Crippen LogP contribution is 2.33. The van der Waals surface area contributed by atoms with Gasteiger partial charge in [-0.05, 0) is 18.8 Å². The SMILES string of the molecule is CC1CC(C(=O)CBr)C1. The fraction of sp³-hybridized carbons (Fsp3) is 0.857. The van der Waals surface area contributed by atoms with E-state index in [1.165, 1.54) is 0 Å². The van der Waals surface area contributed by atoms with E-state index >= 15 is 0 Å². The summed E-state index contributed by atoms with van der Waals surface area (Å²) in [5.41, 5.74) is 0. The van der Waals surface area contributed by atoms with Crippen LogP contribution in [0.25, 0.3) is 0 Å². The normalized spacial score (nSPS) is 33.6. The Kier molecular flexibility index (Phi) is 2.28. The molecule has 1 saturated carbocycles. The Morgan fingerprint density at radius 2 is 2.22 bits per heavy atom. The molecule has 0 aromatic carbocycles. The third-order valence-electron chi connectivity index (χ3n) is 1.96. The summed E-state index contributed by atoms with van der Waals surface area (Å²) in [6, 6.07) is 0. The molecule has 0 aromatic rings. The summed E-state index contributed by atoms with van der Waals surface area (Å²) in [5.74, 6) is 1.56. The molecule has 0 aliphatic heterocycles. The van der Waals surface area contributed by atoms with Crippen LogP contribution in [0.3, 0.4) is 0 Å². The van der Waals surface area contributed by atoms with E-state index in [0.717, 1.165) is 18.8 Å². The molecular weight excluding hydrogens is 180 g/mol. The smallest absolute Gasteiger partial charge is 0.146 e. The third-order valence-corrected chi connectivity index (χ3v) is 2.51. The quantitative estimate of drug-likeness (QED) is 0.610. The Labute approximate surface area is 64.0 Å². The molecule has 1 rings (SSSR count). The van der Waals surface area contributed by atoms with Gasteiger partial charge in [-0.1, -0.05) is 22.9 Å². The molecule has 0 amide bonds. The molecule has 1 nitrogen and oxygen atoms in total. The van der Waals surface area contributed by atoms with Gasteiger partial charge in [-0.2, -0.15) is 0 Å². The predicted molar refractivity (Wildman–Crippen MR) is 40.7 cm³/mol. The van der Waals surface area contributed by atoms with Gasteiger partial charge in [-0.15, -0.1) is 0 Å². The zero-order valence-electron chi connectivity index (χ0n) is 5.56. The number of Topliss-reactive ketones (excluding diaryl/α,β-unsaturated/α-hetero) is 1. The molecule has 1 aliphatic carbocycles. The van der Waals surface area contributed by atoms with Gasteiger partial charge in [0.05, 0.1) is 5.33 Å². The Balaban J connectivity index is 2.23. The summed E-state index contributed by atoms with van der Waals surface area (Å²) in [5, 5.41) is 0.546. The summed E-state index contributed by atoms with van der Waals surface area (Å²) < 4.78 is 0. The Morgan fingerprint density at radius 1 is 1.67 bits per heavy atom. The van der Waals surface area contributed by atoms with Crippen LogP contribution in [-0.2, 0) is 4.79 Å². The maximum absolute atomic E-state index is 10.9. The molecule has 0 radical (unpaired) electrons. The van der Waals surface area contributed by atoms with Crippen molar-refractivity contribution in [3.8, 4) is 0 Å². The van der Waals surface area contributed by atoms with Gasteiger partial charge in [0.15, 0.2) is 0 Å². The average Bonchev–Trinajstić information content (AvgIpc) is 1.79. The molecule has 9 heavy (non-hydrogen) atoms. The molecule has 0 spiro atoms. The lowest BCUT2D eigenvalue weighted by Crippen LogP contribution is -2.29. The first-order valence-electron chi connectivity index (χ1n) is 3.32. The lowest BCUT2D eigenvalue weighted by molar-refractivity contribution is -0.123. The monoisotopic (exact) mass is 190 g/mol. The maximum atomic E-state index is 10.9. The number of ketones is 1. The van der Waals surface area contributed by atoms with Crippen molar-refractivity contribution >= 4 is 21.7 Å². The molecule has 0 bridgehead atoms. The van der Waals surface area contributed by atoms with Crippen LogP contribution >= 0.6 is 15.9 Å². The zero-order chi connectivity index (χ0) is 6.85. The van der Waals surface area contributed by atoms with Crippen LogP contribution in [-0.4, -0.2) is 11.1 Å². The highest BCUT2D eigenvalue weighted by Gasteiger charge is 2.30. The van der Waals surface area contributed by atoms with Crippen molar-refractivity contribution in [2.45, 2.75) is 19.8 Å². The summed E-state index contributed by atoms with van der Waals surface area (Å²) in [6.07, 6.45) is 2.23. The minimum absolute atomic E-state index is 0.383. The van der Waals surface area contributed by atoms with E-state index in [1.54, 1.807) is 0 Å². The lowest BCUT2D eigenvalue weighted by atomic mass is 9.74. The summed E-state index contributed by atoms with van der Waals surface area (Å²) >= 11 is 3.16. The van der Waals surface area contributed by atoms with E-state index in [2.05, 4.69) is 22.9 Å². The van der Waals surface area contributed by atoms with Gasteiger partial charge in [0.25, 0.3) is 0 Å². The number of hydrogen-bond donors (Lipinski definition) is 0. The van der Waals surface area contributed by atoms with Crippen molar-refractivity contribution in [1.29, 1.82) is 0 Å². The van der Waals surface area contributed by atoms with Crippen molar-refractivity contribution < 1.29 is 4.79 Å². The molecule has 0 saturated heterocycles. The van der Waals surface area contributed by atoms with Crippen molar-refractivity contribution in [2.75, 3.05) is 5.33 Å². The van der Waals surface area contributed by atoms with Gasteiger partial charge in [-0.3, -0.25) is 4.79 Å². The maximum Gasteiger partial charge on any atom is 0.146 e. The van der Waals surface area contributed by atoms with Crippen molar-refractivity contribution in [2.24, 2.45) is 11.8 Å².